The lowest BCUT2D eigenvalue weighted by Crippen LogP contribution is -2.45. The average molecular weight is 658 g/mol. The second-order valence-electron chi connectivity index (χ2n) is 13.7. The number of rotatable bonds is 36. The van der Waals surface area contributed by atoms with E-state index in [1.54, 1.807) is 6.08 Å². The van der Waals surface area contributed by atoms with Crippen molar-refractivity contribution in [1.82, 2.24) is 5.32 Å². The lowest BCUT2D eigenvalue weighted by atomic mass is 10.0. The van der Waals surface area contributed by atoms with Crippen LogP contribution in [0.2, 0.25) is 0 Å². The minimum Gasteiger partial charge on any atom is -0.394 e. The van der Waals surface area contributed by atoms with Crippen molar-refractivity contribution in [3.8, 4) is 0 Å². The number of unbranched alkanes of at least 4 members (excludes halogenated alkanes) is 23. The Bertz CT molecular complexity index is 756. The molecule has 4 nitrogen and oxygen atoms in total. The summed E-state index contributed by atoms with van der Waals surface area (Å²) >= 11 is 0. The molecule has 0 aliphatic carbocycles. The monoisotopic (exact) mass is 658 g/mol. The highest BCUT2D eigenvalue weighted by molar-refractivity contribution is 5.76. The van der Waals surface area contributed by atoms with Crippen LogP contribution in [0.4, 0.5) is 0 Å². The summed E-state index contributed by atoms with van der Waals surface area (Å²) in [6.45, 7) is 4.26. The van der Waals surface area contributed by atoms with Gasteiger partial charge in [-0.1, -0.05) is 172 Å². The van der Waals surface area contributed by atoms with Gasteiger partial charge in [0, 0.05) is 6.42 Å². The van der Waals surface area contributed by atoms with E-state index >= 15 is 0 Å². The fourth-order valence-corrected chi connectivity index (χ4v) is 5.85. The molecule has 2 unspecified atom stereocenters. The van der Waals surface area contributed by atoms with Crippen LogP contribution in [0.15, 0.2) is 48.6 Å². The van der Waals surface area contributed by atoms with Crippen LogP contribution >= 0.6 is 0 Å². The fourth-order valence-electron chi connectivity index (χ4n) is 5.85. The lowest BCUT2D eigenvalue weighted by Gasteiger charge is -2.19. The quantitative estimate of drug-likeness (QED) is 0.0464. The van der Waals surface area contributed by atoms with Gasteiger partial charge >= 0.3 is 0 Å². The summed E-state index contributed by atoms with van der Waals surface area (Å²) < 4.78 is 0. The molecule has 0 spiro atoms. The highest BCUT2D eigenvalue weighted by Gasteiger charge is 2.17. The topological polar surface area (TPSA) is 69.6 Å². The maximum atomic E-state index is 12.3. The molecule has 4 heteroatoms. The van der Waals surface area contributed by atoms with E-state index in [0.29, 0.717) is 6.42 Å². The number of hydrogen-bond acceptors (Lipinski definition) is 3. The molecule has 274 valence electrons. The molecule has 0 radical (unpaired) electrons. The van der Waals surface area contributed by atoms with Gasteiger partial charge in [0.1, 0.15) is 0 Å². The highest BCUT2D eigenvalue weighted by atomic mass is 16.3. The average Bonchev–Trinajstić information content (AvgIpc) is 3.07. The zero-order valence-corrected chi connectivity index (χ0v) is 31.3. The first kappa shape index (κ1) is 45.3. The molecule has 47 heavy (non-hydrogen) atoms. The first-order valence-electron chi connectivity index (χ1n) is 20.4. The van der Waals surface area contributed by atoms with Crippen LogP contribution in [-0.2, 0) is 4.79 Å². The van der Waals surface area contributed by atoms with E-state index in [-0.39, 0.29) is 12.5 Å². The second kappa shape index (κ2) is 38.8. The van der Waals surface area contributed by atoms with Gasteiger partial charge in [0.25, 0.3) is 0 Å². The first-order chi connectivity index (χ1) is 23.2. The van der Waals surface area contributed by atoms with Crippen LogP contribution in [0.3, 0.4) is 0 Å². The maximum Gasteiger partial charge on any atom is 0.220 e. The zero-order valence-electron chi connectivity index (χ0n) is 31.3. The molecule has 0 heterocycles. The van der Waals surface area contributed by atoms with E-state index in [2.05, 4.69) is 55.6 Å². The number of carbonyl (C=O) groups is 1. The van der Waals surface area contributed by atoms with Crippen molar-refractivity contribution >= 4 is 5.91 Å². The SMILES string of the molecule is CCCCCC/C=C\CCCCCCCC(=O)NC(CO)C(O)/C=C/CC/C=C/CC/C=C/CCCCCCCCCCCCCC. The molecule has 0 bridgehead atoms. The van der Waals surface area contributed by atoms with Crippen molar-refractivity contribution < 1.29 is 15.0 Å². The molecule has 0 saturated heterocycles. The van der Waals surface area contributed by atoms with Crippen molar-refractivity contribution in [2.24, 2.45) is 0 Å². The summed E-state index contributed by atoms with van der Waals surface area (Å²) in [6.07, 6.45) is 52.1. The molecule has 0 aromatic rings. The number of allylic oxidation sites excluding steroid dienone is 7. The molecular weight excluding hydrogens is 578 g/mol. The number of amides is 1. The largest absolute Gasteiger partial charge is 0.394 e. The van der Waals surface area contributed by atoms with E-state index in [1.165, 1.54) is 128 Å². The Morgan fingerprint density at radius 1 is 0.489 bits per heavy atom. The van der Waals surface area contributed by atoms with Crippen LogP contribution < -0.4 is 5.32 Å². The number of aliphatic hydroxyl groups excluding tert-OH is 2. The van der Waals surface area contributed by atoms with Crippen LogP contribution in [0.1, 0.15) is 200 Å². The summed E-state index contributed by atoms with van der Waals surface area (Å²) in [7, 11) is 0. The zero-order chi connectivity index (χ0) is 34.3. The summed E-state index contributed by atoms with van der Waals surface area (Å²) in [5, 5.41) is 22.9. The third-order valence-corrected chi connectivity index (χ3v) is 9.01. The van der Waals surface area contributed by atoms with Gasteiger partial charge in [-0.3, -0.25) is 4.79 Å². The lowest BCUT2D eigenvalue weighted by molar-refractivity contribution is -0.123. The summed E-state index contributed by atoms with van der Waals surface area (Å²) in [6, 6.07) is -0.648. The predicted molar refractivity (Wildman–Crippen MR) is 207 cm³/mol. The Morgan fingerprint density at radius 3 is 1.26 bits per heavy atom. The van der Waals surface area contributed by atoms with Crippen LogP contribution in [0.5, 0.6) is 0 Å². The van der Waals surface area contributed by atoms with Gasteiger partial charge in [-0.25, -0.2) is 0 Å². The number of carbonyl (C=O) groups excluding carboxylic acids is 1. The maximum absolute atomic E-state index is 12.3. The minimum absolute atomic E-state index is 0.0893. The molecule has 1 amide bonds. The highest BCUT2D eigenvalue weighted by Crippen LogP contribution is 2.13. The number of hydrogen-bond donors (Lipinski definition) is 3. The van der Waals surface area contributed by atoms with E-state index in [0.717, 1.165) is 51.4 Å². The van der Waals surface area contributed by atoms with E-state index in [4.69, 9.17) is 0 Å². The molecule has 0 fully saturated rings. The van der Waals surface area contributed by atoms with Crippen LogP contribution in [0, 0.1) is 0 Å². The van der Waals surface area contributed by atoms with E-state index < -0.39 is 12.1 Å². The molecule has 0 aliphatic heterocycles. The van der Waals surface area contributed by atoms with Crippen molar-refractivity contribution in [2.45, 2.75) is 212 Å². The number of nitrogens with one attached hydrogen (secondary N) is 1. The smallest absolute Gasteiger partial charge is 0.220 e. The van der Waals surface area contributed by atoms with E-state index in [9.17, 15) is 15.0 Å². The van der Waals surface area contributed by atoms with Gasteiger partial charge in [-0.15, -0.1) is 0 Å². The first-order valence-corrected chi connectivity index (χ1v) is 20.4. The molecule has 0 aromatic heterocycles. The van der Waals surface area contributed by atoms with Gasteiger partial charge in [0.2, 0.25) is 5.91 Å². The van der Waals surface area contributed by atoms with Crippen LogP contribution in [-0.4, -0.2) is 34.9 Å². The van der Waals surface area contributed by atoms with Gasteiger partial charge in [-0.05, 0) is 70.6 Å². The molecule has 0 rings (SSSR count). The number of aliphatic hydroxyl groups is 2. The van der Waals surface area contributed by atoms with Gasteiger partial charge in [0.05, 0.1) is 18.8 Å². The molecule has 0 aromatic carbocycles. The van der Waals surface area contributed by atoms with Gasteiger partial charge < -0.3 is 15.5 Å². The molecule has 0 saturated carbocycles. The Labute approximate surface area is 293 Å². The Balaban J connectivity index is 3.68. The van der Waals surface area contributed by atoms with Crippen molar-refractivity contribution in [3.05, 3.63) is 48.6 Å². The van der Waals surface area contributed by atoms with Crippen molar-refractivity contribution in [2.75, 3.05) is 6.61 Å². The van der Waals surface area contributed by atoms with Gasteiger partial charge in [0.15, 0.2) is 0 Å². The summed E-state index contributed by atoms with van der Waals surface area (Å²) in [5.41, 5.74) is 0. The Hall–Kier alpha value is -1.65. The molecule has 2 atom stereocenters. The minimum atomic E-state index is -0.872. The summed E-state index contributed by atoms with van der Waals surface area (Å²) in [5.74, 6) is -0.0893. The van der Waals surface area contributed by atoms with Crippen LogP contribution in [0.25, 0.3) is 0 Å². The molecule has 0 aliphatic rings. The summed E-state index contributed by atoms with van der Waals surface area (Å²) in [4.78, 5) is 12.3. The van der Waals surface area contributed by atoms with E-state index in [1.807, 2.05) is 6.08 Å². The normalized spacial score (nSPS) is 13.5. The third kappa shape index (κ3) is 35.5. The third-order valence-electron chi connectivity index (χ3n) is 9.01. The molecule has 3 N–H and O–H groups in total. The standard InChI is InChI=1S/C43H79NO3/c1-3-5-7-9-11-13-15-17-18-19-20-21-22-23-24-25-27-28-30-32-34-36-38-42(46)41(40-45)44-43(47)39-37-35-33-31-29-26-16-14-12-10-8-6-4-2/h14,16,23-24,28,30,36,38,41-42,45-46H,3-13,15,17-22,25-27,29,31-35,37,39-40H2,1-2H3,(H,44,47)/b16-14-,24-23+,30-28+,38-36+. The predicted octanol–water partition coefficient (Wildman–Crippen LogP) is 12.4. The van der Waals surface area contributed by atoms with Gasteiger partial charge in [-0.2, -0.15) is 0 Å². The van der Waals surface area contributed by atoms with Crippen molar-refractivity contribution in [1.29, 1.82) is 0 Å². The molecular formula is C43H79NO3. The Morgan fingerprint density at radius 2 is 0.830 bits per heavy atom. The van der Waals surface area contributed by atoms with Crippen molar-refractivity contribution in [3.63, 3.8) is 0 Å². The Kier molecular flexibility index (Phi) is 37.4. The second-order valence-corrected chi connectivity index (χ2v) is 13.7. The fraction of sp³-hybridized carbons (Fsp3) is 0.791.